The molecule has 3 rings (SSSR count). The molecular weight excluding hydrogens is 286 g/mol. The second-order valence-corrected chi connectivity index (χ2v) is 6.41. The monoisotopic (exact) mass is 303 g/mol. The van der Waals surface area contributed by atoms with E-state index in [0.29, 0.717) is 6.42 Å². The van der Waals surface area contributed by atoms with E-state index in [9.17, 15) is 4.79 Å². The number of cyclic esters (lactones) is 1. The highest BCUT2D eigenvalue weighted by atomic mass is 32.2. The van der Waals surface area contributed by atoms with Crippen molar-refractivity contribution in [3.63, 3.8) is 0 Å². The minimum absolute atomic E-state index is 0.0223. The van der Waals surface area contributed by atoms with Crippen LogP contribution in [-0.4, -0.2) is 32.1 Å². The molecule has 0 bridgehead atoms. The Hall–Kier alpha value is -1.82. The number of ether oxygens (including phenoxy) is 1. The highest BCUT2D eigenvalue weighted by Crippen LogP contribution is 2.33. The van der Waals surface area contributed by atoms with Gasteiger partial charge in [0.15, 0.2) is 5.16 Å². The van der Waals surface area contributed by atoms with Gasteiger partial charge >= 0.3 is 5.97 Å². The number of esters is 1. The lowest BCUT2D eigenvalue weighted by atomic mass is 10.2. The molecule has 0 spiro atoms. The largest absolute Gasteiger partial charge is 0.462 e. The third-order valence-corrected chi connectivity index (χ3v) is 4.67. The molecule has 1 aliphatic rings. The second kappa shape index (κ2) is 5.52. The molecule has 1 aromatic heterocycles. The summed E-state index contributed by atoms with van der Waals surface area (Å²) in [5.41, 5.74) is 2.19. The van der Waals surface area contributed by atoms with Crippen molar-refractivity contribution < 1.29 is 9.53 Å². The molecule has 1 saturated heterocycles. The summed E-state index contributed by atoms with van der Waals surface area (Å²) < 4.78 is 7.20. The molecule has 2 aromatic rings. The van der Waals surface area contributed by atoms with Crippen LogP contribution in [0.2, 0.25) is 0 Å². The number of hydrogen-bond donors (Lipinski definition) is 0. The van der Waals surface area contributed by atoms with Crippen molar-refractivity contribution in [3.8, 4) is 5.69 Å². The van der Waals surface area contributed by atoms with Crippen LogP contribution in [0.3, 0.4) is 0 Å². The Balaban J connectivity index is 1.95. The number of thioether (sulfide) groups is 1. The molecule has 110 valence electrons. The maximum atomic E-state index is 11.8. The number of aryl methyl sites for hydroxylation is 2. The first kappa shape index (κ1) is 14.1. The van der Waals surface area contributed by atoms with Gasteiger partial charge in [-0.05, 0) is 32.4 Å². The predicted molar refractivity (Wildman–Crippen MR) is 80.6 cm³/mol. The summed E-state index contributed by atoms with van der Waals surface area (Å²) in [7, 11) is 0. The van der Waals surface area contributed by atoms with Crippen LogP contribution in [0.25, 0.3) is 5.69 Å². The zero-order valence-corrected chi connectivity index (χ0v) is 13.1. The normalized spacial score (nSPS) is 21.6. The summed E-state index contributed by atoms with van der Waals surface area (Å²) in [4.78, 5) is 11.8. The fourth-order valence-electron chi connectivity index (χ4n) is 2.45. The molecular formula is C15H17N3O2S. The minimum atomic E-state index is -0.202. The lowest BCUT2D eigenvalue weighted by molar-refractivity contribution is -0.140. The molecule has 0 unspecified atom stereocenters. The molecule has 0 saturated carbocycles. The quantitative estimate of drug-likeness (QED) is 0.816. The molecule has 0 aliphatic carbocycles. The maximum absolute atomic E-state index is 11.8. The van der Waals surface area contributed by atoms with Crippen LogP contribution in [0.15, 0.2) is 29.4 Å². The Labute approximate surface area is 127 Å². The van der Waals surface area contributed by atoms with Gasteiger partial charge in [0.2, 0.25) is 0 Å². The number of nitrogens with zero attached hydrogens (tertiary/aromatic N) is 3. The van der Waals surface area contributed by atoms with Gasteiger partial charge in [0.25, 0.3) is 0 Å². The van der Waals surface area contributed by atoms with E-state index < -0.39 is 0 Å². The highest BCUT2D eigenvalue weighted by molar-refractivity contribution is 8.00. The SMILES string of the molecule is Cc1ccccc1-n1c(C)nnc1S[C@@H]1C[C@H](C)OC1=O. The number of benzene rings is 1. The van der Waals surface area contributed by atoms with Gasteiger partial charge < -0.3 is 4.74 Å². The van der Waals surface area contributed by atoms with Crippen LogP contribution in [0, 0.1) is 13.8 Å². The van der Waals surface area contributed by atoms with E-state index in [-0.39, 0.29) is 17.3 Å². The second-order valence-electron chi connectivity index (χ2n) is 5.24. The van der Waals surface area contributed by atoms with Crippen LogP contribution >= 0.6 is 11.8 Å². The van der Waals surface area contributed by atoms with Crippen molar-refractivity contribution in [2.24, 2.45) is 0 Å². The van der Waals surface area contributed by atoms with E-state index in [1.165, 1.54) is 11.8 Å². The van der Waals surface area contributed by atoms with Crippen molar-refractivity contribution >= 4 is 17.7 Å². The third kappa shape index (κ3) is 2.68. The Kier molecular flexibility index (Phi) is 3.71. The maximum Gasteiger partial charge on any atom is 0.319 e. The molecule has 21 heavy (non-hydrogen) atoms. The summed E-state index contributed by atoms with van der Waals surface area (Å²) in [5.74, 6) is 0.649. The number of hydrogen-bond acceptors (Lipinski definition) is 5. The van der Waals surface area contributed by atoms with E-state index >= 15 is 0 Å². The van der Waals surface area contributed by atoms with Crippen LogP contribution in [0.1, 0.15) is 24.7 Å². The van der Waals surface area contributed by atoms with Gasteiger partial charge in [-0.25, -0.2) is 0 Å². The van der Waals surface area contributed by atoms with Gasteiger partial charge in [-0.3, -0.25) is 9.36 Å². The summed E-state index contributed by atoms with van der Waals surface area (Å²) in [5, 5.41) is 8.92. The third-order valence-electron chi connectivity index (χ3n) is 3.53. The molecule has 2 atom stereocenters. The van der Waals surface area contributed by atoms with Gasteiger partial charge in [0, 0.05) is 6.42 Å². The van der Waals surface area contributed by atoms with E-state index in [1.54, 1.807) is 0 Å². The van der Waals surface area contributed by atoms with E-state index in [4.69, 9.17) is 4.74 Å². The first-order chi connectivity index (χ1) is 10.1. The van der Waals surface area contributed by atoms with Crippen LogP contribution in [0.5, 0.6) is 0 Å². The molecule has 1 aromatic carbocycles. The Bertz CT molecular complexity index is 683. The average Bonchev–Trinajstić information content (AvgIpc) is 2.94. The van der Waals surface area contributed by atoms with Gasteiger partial charge in [0.05, 0.1) is 5.69 Å². The molecule has 0 radical (unpaired) electrons. The summed E-state index contributed by atoms with van der Waals surface area (Å²) in [6, 6.07) is 8.07. The average molecular weight is 303 g/mol. The summed E-state index contributed by atoms with van der Waals surface area (Å²) in [6.07, 6.45) is 0.689. The van der Waals surface area contributed by atoms with E-state index in [2.05, 4.69) is 23.2 Å². The van der Waals surface area contributed by atoms with Crippen molar-refractivity contribution in [2.75, 3.05) is 0 Å². The number of para-hydroxylation sites is 1. The smallest absolute Gasteiger partial charge is 0.319 e. The van der Waals surface area contributed by atoms with E-state index in [0.717, 1.165) is 22.2 Å². The van der Waals surface area contributed by atoms with Gasteiger partial charge in [-0.15, -0.1) is 10.2 Å². The van der Waals surface area contributed by atoms with Crippen LogP contribution < -0.4 is 0 Å². The standard InChI is InChI=1S/C15H17N3O2S/c1-9-6-4-5-7-12(9)18-11(3)16-17-15(18)21-13-8-10(2)20-14(13)19/h4-7,10,13H,8H2,1-3H3/t10-,13+/m0/s1. The minimum Gasteiger partial charge on any atom is -0.462 e. The lowest BCUT2D eigenvalue weighted by Gasteiger charge is -2.12. The highest BCUT2D eigenvalue weighted by Gasteiger charge is 2.34. The van der Waals surface area contributed by atoms with Crippen molar-refractivity contribution in [1.29, 1.82) is 0 Å². The fraction of sp³-hybridized carbons (Fsp3) is 0.400. The Morgan fingerprint density at radius 3 is 2.71 bits per heavy atom. The first-order valence-electron chi connectivity index (χ1n) is 6.91. The summed E-state index contributed by atoms with van der Waals surface area (Å²) >= 11 is 1.43. The lowest BCUT2D eigenvalue weighted by Crippen LogP contribution is -2.11. The predicted octanol–water partition coefficient (Wildman–Crippen LogP) is 2.68. The van der Waals surface area contributed by atoms with Crippen molar-refractivity contribution in [2.45, 2.75) is 43.7 Å². The van der Waals surface area contributed by atoms with Gasteiger partial charge in [-0.2, -0.15) is 0 Å². The van der Waals surface area contributed by atoms with Crippen molar-refractivity contribution in [3.05, 3.63) is 35.7 Å². The number of aromatic nitrogens is 3. The number of carbonyl (C=O) groups excluding carboxylic acids is 1. The Morgan fingerprint density at radius 1 is 1.29 bits per heavy atom. The molecule has 0 amide bonds. The Morgan fingerprint density at radius 2 is 2.05 bits per heavy atom. The fourth-order valence-corrected chi connectivity index (χ4v) is 3.65. The van der Waals surface area contributed by atoms with Crippen LogP contribution in [0.4, 0.5) is 0 Å². The van der Waals surface area contributed by atoms with Gasteiger partial charge in [-0.1, -0.05) is 30.0 Å². The van der Waals surface area contributed by atoms with Gasteiger partial charge in [0.1, 0.15) is 17.2 Å². The van der Waals surface area contributed by atoms with Crippen molar-refractivity contribution in [1.82, 2.24) is 14.8 Å². The summed E-state index contributed by atoms with van der Waals surface area (Å²) in [6.45, 7) is 5.88. The molecule has 5 nitrogen and oxygen atoms in total. The molecule has 0 N–H and O–H groups in total. The molecule has 6 heteroatoms. The molecule has 2 heterocycles. The molecule has 1 aliphatic heterocycles. The number of rotatable bonds is 3. The first-order valence-corrected chi connectivity index (χ1v) is 7.79. The zero-order valence-electron chi connectivity index (χ0n) is 12.2. The van der Waals surface area contributed by atoms with E-state index in [1.807, 2.05) is 36.6 Å². The molecule has 1 fully saturated rings. The topological polar surface area (TPSA) is 57.0 Å². The van der Waals surface area contributed by atoms with Crippen LogP contribution in [-0.2, 0) is 9.53 Å². The number of carbonyl (C=O) groups is 1. The zero-order chi connectivity index (χ0) is 15.0.